The molecule has 54 heavy (non-hydrogen) atoms. The number of nitrogens with zero attached hydrogens (tertiary/aromatic N) is 3. The first-order valence-corrected chi connectivity index (χ1v) is 18.7. The highest BCUT2D eigenvalue weighted by Crippen LogP contribution is 2.49. The van der Waals surface area contributed by atoms with Crippen LogP contribution in [-0.4, -0.2) is 6.71 Å². The van der Waals surface area contributed by atoms with E-state index in [9.17, 15) is 0 Å². The summed E-state index contributed by atoms with van der Waals surface area (Å²) >= 11 is 0. The Bertz CT molecular complexity index is 2650. The number of anilines is 9. The van der Waals surface area contributed by atoms with Gasteiger partial charge in [0, 0.05) is 45.5 Å². The fraction of sp³-hybridized carbons (Fsp3) is 0. The van der Waals surface area contributed by atoms with Crippen LogP contribution in [0.5, 0.6) is 0 Å². The minimum Gasteiger partial charge on any atom is -0.311 e. The first-order valence-electron chi connectivity index (χ1n) is 18.7. The summed E-state index contributed by atoms with van der Waals surface area (Å²) in [6.45, 7) is -0.0203. The fourth-order valence-corrected chi connectivity index (χ4v) is 8.97. The predicted octanol–water partition coefficient (Wildman–Crippen LogP) is 11.5. The first-order chi connectivity index (χ1) is 26.8. The predicted molar refractivity (Wildman–Crippen MR) is 230 cm³/mol. The van der Waals surface area contributed by atoms with Gasteiger partial charge in [0.05, 0.1) is 5.69 Å². The van der Waals surface area contributed by atoms with E-state index in [1.807, 2.05) is 0 Å². The van der Waals surface area contributed by atoms with Crippen molar-refractivity contribution in [2.75, 3.05) is 14.7 Å². The molecule has 11 rings (SSSR count). The van der Waals surface area contributed by atoms with Gasteiger partial charge in [-0.2, -0.15) is 0 Å². The second-order valence-electron chi connectivity index (χ2n) is 14.1. The van der Waals surface area contributed by atoms with Gasteiger partial charge in [-0.05, 0) is 111 Å². The molecule has 9 aromatic rings. The maximum Gasteiger partial charge on any atom is 0.253 e. The fourth-order valence-electron chi connectivity index (χ4n) is 8.97. The van der Waals surface area contributed by atoms with Gasteiger partial charge in [0.25, 0.3) is 6.71 Å². The number of rotatable bonds is 5. The molecule has 0 bridgehead atoms. The molecule has 2 aliphatic rings. The third-order valence-corrected chi connectivity index (χ3v) is 11.2. The Labute approximate surface area is 315 Å². The average molecular weight is 688 g/mol. The zero-order valence-electron chi connectivity index (χ0n) is 29.5. The number of benzene rings is 9. The highest BCUT2D eigenvalue weighted by Gasteiger charge is 2.45. The van der Waals surface area contributed by atoms with E-state index in [0.717, 1.165) is 28.4 Å². The van der Waals surface area contributed by atoms with Crippen molar-refractivity contribution in [3.63, 3.8) is 0 Å². The molecular formula is C50H34BN3. The van der Waals surface area contributed by atoms with Crippen LogP contribution >= 0.6 is 0 Å². The lowest BCUT2D eigenvalue weighted by molar-refractivity contribution is 1.23. The van der Waals surface area contributed by atoms with Crippen LogP contribution in [-0.2, 0) is 0 Å². The van der Waals surface area contributed by atoms with E-state index in [1.165, 1.54) is 60.7 Å². The van der Waals surface area contributed by atoms with Crippen LogP contribution < -0.4 is 31.1 Å². The Kier molecular flexibility index (Phi) is 6.96. The molecule has 0 radical (unpaired) electrons. The zero-order chi connectivity index (χ0) is 35.6. The molecule has 0 aromatic heterocycles. The summed E-state index contributed by atoms with van der Waals surface area (Å²) in [6.07, 6.45) is 0. The summed E-state index contributed by atoms with van der Waals surface area (Å²) in [4.78, 5) is 7.41. The lowest BCUT2D eigenvalue weighted by Crippen LogP contribution is -2.61. The molecule has 9 aromatic carbocycles. The minimum absolute atomic E-state index is 0.0203. The van der Waals surface area contributed by atoms with Gasteiger partial charge in [-0.3, -0.25) is 0 Å². The minimum atomic E-state index is -0.0203. The van der Waals surface area contributed by atoms with Gasteiger partial charge in [0.2, 0.25) is 0 Å². The normalized spacial score (nSPS) is 12.7. The molecule has 0 unspecified atom stereocenters. The number of para-hydroxylation sites is 4. The van der Waals surface area contributed by atoms with Gasteiger partial charge in [-0.25, -0.2) is 0 Å². The molecule has 0 spiro atoms. The van der Waals surface area contributed by atoms with Gasteiger partial charge in [0.1, 0.15) is 0 Å². The Morgan fingerprint density at radius 2 is 0.704 bits per heavy atom. The number of fused-ring (bicyclic) bond motifs is 8. The number of hydrogen-bond donors (Lipinski definition) is 0. The van der Waals surface area contributed by atoms with Crippen LogP contribution in [0.2, 0.25) is 0 Å². The van der Waals surface area contributed by atoms with E-state index < -0.39 is 0 Å². The van der Waals surface area contributed by atoms with Crippen LogP contribution in [0.3, 0.4) is 0 Å². The molecule has 252 valence electrons. The van der Waals surface area contributed by atoms with Crippen LogP contribution in [0.15, 0.2) is 206 Å². The standard InChI is InChI=1S/C50H34BN3/c1-5-19-37(20-6-1)52(38-21-7-2-8-22-38)41-33-46-50-47(34-41)54(40-25-11-4-12-26-40)45-32-30-36-18-14-16-28-43(36)49(45)51(50)48-42-27-15-13-17-35(42)29-31-44(48)53(46)39-23-9-3-10-24-39/h1-34H. The van der Waals surface area contributed by atoms with E-state index in [1.54, 1.807) is 0 Å². The molecule has 0 atom stereocenters. The van der Waals surface area contributed by atoms with Crippen LogP contribution in [0.1, 0.15) is 0 Å². The van der Waals surface area contributed by atoms with E-state index >= 15 is 0 Å². The van der Waals surface area contributed by atoms with Crippen molar-refractivity contribution in [2.45, 2.75) is 0 Å². The zero-order valence-corrected chi connectivity index (χ0v) is 29.5. The third-order valence-electron chi connectivity index (χ3n) is 11.2. The highest BCUT2D eigenvalue weighted by molar-refractivity contribution is 7.02. The van der Waals surface area contributed by atoms with Crippen LogP contribution in [0, 0.1) is 0 Å². The average Bonchev–Trinajstić information content (AvgIpc) is 3.24. The summed E-state index contributed by atoms with van der Waals surface area (Å²) in [5.74, 6) is 0. The monoisotopic (exact) mass is 687 g/mol. The van der Waals surface area contributed by atoms with Gasteiger partial charge in [-0.15, -0.1) is 0 Å². The Balaban J connectivity index is 1.33. The number of hydrogen-bond acceptors (Lipinski definition) is 3. The molecule has 0 amide bonds. The Hall–Kier alpha value is -7.04. The van der Waals surface area contributed by atoms with Crippen molar-refractivity contribution in [3.05, 3.63) is 206 Å². The largest absolute Gasteiger partial charge is 0.311 e. The Morgan fingerprint density at radius 3 is 1.15 bits per heavy atom. The molecule has 3 nitrogen and oxygen atoms in total. The van der Waals surface area contributed by atoms with Crippen molar-refractivity contribution in [2.24, 2.45) is 0 Å². The van der Waals surface area contributed by atoms with Gasteiger partial charge >= 0.3 is 0 Å². The molecule has 2 aliphatic heterocycles. The van der Waals surface area contributed by atoms with Crippen molar-refractivity contribution >= 4 is 95.8 Å². The smallest absolute Gasteiger partial charge is 0.253 e. The van der Waals surface area contributed by atoms with E-state index in [4.69, 9.17) is 0 Å². The van der Waals surface area contributed by atoms with Crippen molar-refractivity contribution < 1.29 is 0 Å². The first kappa shape index (κ1) is 30.6. The Morgan fingerprint density at radius 1 is 0.315 bits per heavy atom. The lowest BCUT2D eigenvalue weighted by atomic mass is 9.32. The van der Waals surface area contributed by atoms with Crippen molar-refractivity contribution in [1.29, 1.82) is 0 Å². The van der Waals surface area contributed by atoms with Gasteiger partial charge in [-0.1, -0.05) is 133 Å². The molecule has 0 aliphatic carbocycles. The summed E-state index contributed by atoms with van der Waals surface area (Å²) in [5.41, 5.74) is 14.3. The molecule has 4 heteroatoms. The molecular weight excluding hydrogens is 653 g/mol. The molecule has 0 N–H and O–H groups in total. The topological polar surface area (TPSA) is 9.72 Å². The SMILES string of the molecule is c1ccc(N(c2ccccc2)c2cc3c4c(c2)N(c2ccccc2)c2ccc5ccccc5c2B4c2c(ccc4ccccc24)N3c2ccccc2)cc1. The van der Waals surface area contributed by atoms with E-state index in [0.29, 0.717) is 0 Å². The van der Waals surface area contributed by atoms with E-state index in [-0.39, 0.29) is 6.71 Å². The van der Waals surface area contributed by atoms with Crippen molar-refractivity contribution in [1.82, 2.24) is 0 Å². The second-order valence-corrected chi connectivity index (χ2v) is 14.1. The van der Waals surface area contributed by atoms with E-state index in [2.05, 4.69) is 221 Å². The molecule has 0 saturated carbocycles. The van der Waals surface area contributed by atoms with Crippen LogP contribution in [0.25, 0.3) is 21.5 Å². The van der Waals surface area contributed by atoms with Crippen molar-refractivity contribution in [3.8, 4) is 0 Å². The molecule has 0 fully saturated rings. The highest BCUT2D eigenvalue weighted by atomic mass is 15.2. The van der Waals surface area contributed by atoms with Gasteiger partial charge < -0.3 is 14.7 Å². The summed E-state index contributed by atoms with van der Waals surface area (Å²) in [5, 5.41) is 5.06. The maximum atomic E-state index is 2.51. The van der Waals surface area contributed by atoms with Crippen LogP contribution in [0.4, 0.5) is 51.2 Å². The second kappa shape index (κ2) is 12.3. The lowest BCUT2D eigenvalue weighted by Gasteiger charge is -2.45. The van der Waals surface area contributed by atoms with Gasteiger partial charge in [0.15, 0.2) is 0 Å². The maximum absolute atomic E-state index is 2.51. The quantitative estimate of drug-likeness (QED) is 0.167. The molecule has 0 saturated heterocycles. The summed E-state index contributed by atoms with van der Waals surface area (Å²) in [7, 11) is 0. The third kappa shape index (κ3) is 4.63. The summed E-state index contributed by atoms with van der Waals surface area (Å²) in [6, 6.07) is 75.2. The summed E-state index contributed by atoms with van der Waals surface area (Å²) < 4.78 is 0. The molecule has 2 heterocycles.